The van der Waals surface area contributed by atoms with Crippen molar-refractivity contribution in [3.8, 4) is 34.5 Å². The number of benzene rings is 2. The molecular formula is C23H28O10S2. The lowest BCUT2D eigenvalue weighted by molar-refractivity contribution is 0.324. The number of ether oxygens (including phenoxy) is 6. The van der Waals surface area contributed by atoms with Crippen LogP contribution in [0.2, 0.25) is 0 Å². The molecule has 10 nitrogen and oxygen atoms in total. The highest BCUT2D eigenvalue weighted by molar-refractivity contribution is 8.10. The Morgan fingerprint density at radius 3 is 1.06 bits per heavy atom. The monoisotopic (exact) mass is 528 g/mol. The predicted molar refractivity (Wildman–Crippen MR) is 133 cm³/mol. The minimum Gasteiger partial charge on any atom is -0.493 e. The molecule has 0 unspecified atom stereocenters. The third-order valence-electron chi connectivity index (χ3n) is 4.64. The quantitative estimate of drug-likeness (QED) is 0.406. The molecule has 0 aliphatic carbocycles. The van der Waals surface area contributed by atoms with Gasteiger partial charge < -0.3 is 28.4 Å². The van der Waals surface area contributed by atoms with E-state index >= 15 is 0 Å². The topological polar surface area (TPSA) is 124 Å². The summed E-state index contributed by atoms with van der Waals surface area (Å²) in [5.74, 6) is 1.98. The van der Waals surface area contributed by atoms with Crippen LogP contribution in [-0.4, -0.2) is 64.6 Å². The number of methoxy groups -OCH3 is 6. The molecule has 0 aromatic heterocycles. The van der Waals surface area contributed by atoms with E-state index in [-0.39, 0.29) is 0 Å². The molecule has 0 fully saturated rings. The first kappa shape index (κ1) is 27.9. The van der Waals surface area contributed by atoms with E-state index in [1.165, 1.54) is 79.1 Å². The molecular weight excluding hydrogens is 500 g/mol. The number of rotatable bonds is 12. The normalized spacial score (nSPS) is 12.1. The molecule has 0 saturated heterocycles. The lowest BCUT2D eigenvalue weighted by Gasteiger charge is -2.13. The van der Waals surface area contributed by atoms with Gasteiger partial charge in [-0.15, -0.1) is 0 Å². The molecule has 12 heteroatoms. The summed E-state index contributed by atoms with van der Waals surface area (Å²) in [6.45, 7) is 0. The zero-order valence-electron chi connectivity index (χ0n) is 20.2. The van der Waals surface area contributed by atoms with Gasteiger partial charge in [-0.2, -0.15) is 0 Å². The van der Waals surface area contributed by atoms with Gasteiger partial charge in [-0.1, -0.05) is 0 Å². The van der Waals surface area contributed by atoms with Gasteiger partial charge in [-0.25, -0.2) is 16.8 Å². The van der Waals surface area contributed by atoms with Crippen LogP contribution < -0.4 is 28.4 Å². The van der Waals surface area contributed by atoms with Gasteiger partial charge in [0, 0.05) is 10.8 Å². The van der Waals surface area contributed by atoms with Gasteiger partial charge in [0.2, 0.25) is 11.5 Å². The Kier molecular flexibility index (Phi) is 9.43. The first-order valence-electron chi connectivity index (χ1n) is 9.94. The van der Waals surface area contributed by atoms with Crippen LogP contribution in [0.3, 0.4) is 0 Å². The molecule has 0 aliphatic heterocycles. The summed E-state index contributed by atoms with van der Waals surface area (Å²) in [5.41, 5.74) is 0.821. The second-order valence-corrected chi connectivity index (χ2v) is 11.1. The number of hydrogen-bond donors (Lipinski definition) is 0. The van der Waals surface area contributed by atoms with Crippen LogP contribution in [0.4, 0.5) is 0 Å². The highest BCUT2D eigenvalue weighted by Gasteiger charge is 2.19. The standard InChI is InChI=1S/C23H28O10S2/c1-28-18-11-16(12-19(29-2)22(18)32-5)7-9-34(24,25)15-35(26,27)10-8-17-13-20(30-3)23(33-6)21(14-17)31-4/h7-14H,15H2,1-6H3/b9-7-,10-8+. The molecule has 0 bridgehead atoms. The summed E-state index contributed by atoms with van der Waals surface area (Å²) in [6, 6.07) is 6.14. The van der Waals surface area contributed by atoms with Crippen LogP contribution in [0.5, 0.6) is 34.5 Å². The second-order valence-electron chi connectivity index (χ2n) is 6.97. The molecule has 2 aromatic carbocycles. The lowest BCUT2D eigenvalue weighted by atomic mass is 10.2. The fraction of sp³-hybridized carbons (Fsp3) is 0.304. The van der Waals surface area contributed by atoms with E-state index < -0.39 is 24.8 Å². The Hall–Kier alpha value is -3.38. The SMILES string of the molecule is COc1cc(/C=C\S(=O)(=O)CS(=O)(=O)/C=C/c2cc(OC)c(OC)c(OC)c2)cc(OC)c1OC. The molecule has 0 N–H and O–H groups in total. The first-order chi connectivity index (χ1) is 16.5. The Morgan fingerprint density at radius 2 is 0.829 bits per heavy atom. The van der Waals surface area contributed by atoms with Gasteiger partial charge in [-0.3, -0.25) is 0 Å². The molecule has 0 radical (unpaired) electrons. The van der Waals surface area contributed by atoms with Crippen LogP contribution in [-0.2, 0) is 19.7 Å². The van der Waals surface area contributed by atoms with Crippen LogP contribution in [0.25, 0.3) is 12.2 Å². The van der Waals surface area contributed by atoms with E-state index in [0.29, 0.717) is 45.6 Å². The molecule has 0 amide bonds. The second kappa shape index (κ2) is 11.8. The summed E-state index contributed by atoms with van der Waals surface area (Å²) < 4.78 is 81.4. The summed E-state index contributed by atoms with van der Waals surface area (Å²) in [7, 11) is 0.313. The van der Waals surface area contributed by atoms with Crippen LogP contribution in [0.15, 0.2) is 35.1 Å². The summed E-state index contributed by atoms with van der Waals surface area (Å²) in [5, 5.41) is 0.513. The third-order valence-corrected chi connectivity index (χ3v) is 8.37. The van der Waals surface area contributed by atoms with Gasteiger partial charge in [0.1, 0.15) is 0 Å². The van der Waals surface area contributed by atoms with Crippen LogP contribution >= 0.6 is 0 Å². The molecule has 2 aromatic rings. The van der Waals surface area contributed by atoms with Crippen molar-refractivity contribution < 1.29 is 45.3 Å². The van der Waals surface area contributed by atoms with Crippen molar-refractivity contribution in [2.24, 2.45) is 0 Å². The zero-order chi connectivity index (χ0) is 26.2. The minimum absolute atomic E-state index is 0.324. The highest BCUT2D eigenvalue weighted by atomic mass is 32.3. The molecule has 35 heavy (non-hydrogen) atoms. The first-order valence-corrected chi connectivity index (χ1v) is 13.4. The van der Waals surface area contributed by atoms with Crippen molar-refractivity contribution in [1.29, 1.82) is 0 Å². The summed E-state index contributed by atoms with van der Waals surface area (Å²) >= 11 is 0. The molecule has 0 spiro atoms. The Bertz CT molecular complexity index is 1160. The maximum absolute atomic E-state index is 12.5. The van der Waals surface area contributed by atoms with E-state index in [2.05, 4.69) is 0 Å². The average molecular weight is 529 g/mol. The van der Waals surface area contributed by atoms with Gasteiger partial charge in [0.25, 0.3) is 0 Å². The highest BCUT2D eigenvalue weighted by Crippen LogP contribution is 2.39. The molecule has 0 atom stereocenters. The molecule has 192 valence electrons. The Morgan fingerprint density at radius 1 is 0.543 bits per heavy atom. The Labute approximate surface area is 205 Å². The van der Waals surface area contributed by atoms with Crippen LogP contribution in [0, 0.1) is 0 Å². The van der Waals surface area contributed by atoms with Crippen molar-refractivity contribution in [1.82, 2.24) is 0 Å². The smallest absolute Gasteiger partial charge is 0.203 e. The summed E-state index contributed by atoms with van der Waals surface area (Å²) in [4.78, 5) is 0. The van der Waals surface area contributed by atoms with Crippen molar-refractivity contribution in [2.45, 2.75) is 0 Å². The minimum atomic E-state index is -4.14. The van der Waals surface area contributed by atoms with Crippen molar-refractivity contribution in [3.05, 3.63) is 46.2 Å². The fourth-order valence-corrected chi connectivity index (χ4v) is 6.26. The van der Waals surface area contributed by atoms with Crippen molar-refractivity contribution in [3.63, 3.8) is 0 Å². The number of sulfone groups is 2. The summed E-state index contributed by atoms with van der Waals surface area (Å²) in [6.07, 6.45) is 2.50. The third kappa shape index (κ3) is 7.30. The van der Waals surface area contributed by atoms with E-state index in [4.69, 9.17) is 28.4 Å². The van der Waals surface area contributed by atoms with Gasteiger partial charge in [0.05, 0.1) is 42.7 Å². The molecule has 0 heterocycles. The lowest BCUT2D eigenvalue weighted by Crippen LogP contribution is -2.11. The van der Waals surface area contributed by atoms with E-state index in [1.54, 1.807) is 0 Å². The maximum atomic E-state index is 12.5. The number of hydrogen-bond acceptors (Lipinski definition) is 10. The van der Waals surface area contributed by atoms with Gasteiger partial charge in [-0.05, 0) is 47.5 Å². The molecule has 2 rings (SSSR count). The van der Waals surface area contributed by atoms with Crippen LogP contribution in [0.1, 0.15) is 11.1 Å². The predicted octanol–water partition coefficient (Wildman–Crippen LogP) is 3.17. The van der Waals surface area contributed by atoms with E-state index in [9.17, 15) is 16.8 Å². The van der Waals surface area contributed by atoms with E-state index in [0.717, 1.165) is 10.8 Å². The molecule has 0 saturated carbocycles. The fourth-order valence-electron chi connectivity index (χ4n) is 3.07. The van der Waals surface area contributed by atoms with Crippen molar-refractivity contribution in [2.75, 3.05) is 47.7 Å². The maximum Gasteiger partial charge on any atom is 0.203 e. The van der Waals surface area contributed by atoms with Crippen molar-refractivity contribution >= 4 is 31.8 Å². The largest absolute Gasteiger partial charge is 0.493 e. The zero-order valence-corrected chi connectivity index (χ0v) is 21.9. The van der Waals surface area contributed by atoms with E-state index in [1.807, 2.05) is 0 Å². The Balaban J connectivity index is 2.28. The van der Waals surface area contributed by atoms with Gasteiger partial charge >= 0.3 is 0 Å². The molecule has 0 aliphatic rings. The average Bonchev–Trinajstić information content (AvgIpc) is 2.84. The van der Waals surface area contributed by atoms with Gasteiger partial charge in [0.15, 0.2) is 47.8 Å².